The largest absolute Gasteiger partial charge is 0.383 e. The SMILES string of the molecule is C/C=C(\C(C(N)=NC=C(C)C)=C(\C)NC(C)c1cc2cccc(F)c2c(=O)n1-c1cccc(F)c1)c1ccc(CC(C)C)c(C)c1. The summed E-state index contributed by atoms with van der Waals surface area (Å²) in [7, 11) is 0. The Bertz CT molecular complexity index is 1940. The van der Waals surface area contributed by atoms with E-state index in [1.807, 2.05) is 40.7 Å². The average molecular weight is 623 g/mol. The normalized spacial score (nSPS) is 13.5. The van der Waals surface area contributed by atoms with Crippen molar-refractivity contribution >= 4 is 22.2 Å². The van der Waals surface area contributed by atoms with Gasteiger partial charge in [0, 0.05) is 23.2 Å². The van der Waals surface area contributed by atoms with E-state index in [0.29, 0.717) is 34.1 Å². The molecular formula is C39H44F2N4O. The minimum atomic E-state index is -0.631. The van der Waals surface area contributed by atoms with Gasteiger partial charge in [-0.15, -0.1) is 0 Å². The molecule has 0 fully saturated rings. The zero-order valence-electron chi connectivity index (χ0n) is 28.0. The molecule has 240 valence electrons. The second-order valence-corrected chi connectivity index (χ2v) is 12.4. The number of amidine groups is 1. The third-order valence-electron chi connectivity index (χ3n) is 7.90. The van der Waals surface area contributed by atoms with Crippen LogP contribution >= 0.6 is 0 Å². The van der Waals surface area contributed by atoms with Gasteiger partial charge in [0.25, 0.3) is 5.56 Å². The first kappa shape index (κ1) is 34.1. The fraction of sp³-hybridized carbons (Fsp3) is 0.282. The van der Waals surface area contributed by atoms with Crippen LogP contribution in [0.3, 0.4) is 0 Å². The summed E-state index contributed by atoms with van der Waals surface area (Å²) in [6.07, 6.45) is 4.75. The Kier molecular flexibility index (Phi) is 10.8. The summed E-state index contributed by atoms with van der Waals surface area (Å²) in [4.78, 5) is 18.4. The van der Waals surface area contributed by atoms with Gasteiger partial charge in [-0.05, 0) is 112 Å². The molecule has 0 amide bonds. The highest BCUT2D eigenvalue weighted by Crippen LogP contribution is 2.30. The molecule has 0 aliphatic heterocycles. The molecule has 0 spiro atoms. The van der Waals surface area contributed by atoms with Crippen molar-refractivity contribution in [2.75, 3.05) is 0 Å². The maximum Gasteiger partial charge on any atom is 0.266 e. The number of aryl methyl sites for hydroxylation is 1. The van der Waals surface area contributed by atoms with Crippen molar-refractivity contribution in [3.63, 3.8) is 0 Å². The van der Waals surface area contributed by atoms with E-state index in [0.717, 1.165) is 28.8 Å². The lowest BCUT2D eigenvalue weighted by atomic mass is 9.90. The molecule has 0 saturated heterocycles. The molecule has 3 N–H and O–H groups in total. The molecule has 0 aliphatic carbocycles. The lowest BCUT2D eigenvalue weighted by Gasteiger charge is -2.24. The van der Waals surface area contributed by atoms with Crippen molar-refractivity contribution in [3.05, 3.63) is 140 Å². The van der Waals surface area contributed by atoms with Crippen molar-refractivity contribution in [3.8, 4) is 5.69 Å². The van der Waals surface area contributed by atoms with Crippen LogP contribution < -0.4 is 16.6 Å². The molecule has 5 nitrogen and oxygen atoms in total. The number of hydrogen-bond donors (Lipinski definition) is 2. The molecule has 4 aromatic rings. The van der Waals surface area contributed by atoms with Gasteiger partial charge in [0.05, 0.1) is 17.1 Å². The average Bonchev–Trinajstić information content (AvgIpc) is 2.99. The minimum absolute atomic E-state index is 0.0544. The van der Waals surface area contributed by atoms with E-state index in [1.54, 1.807) is 30.5 Å². The number of aliphatic imine (C=N–C) groups is 1. The highest BCUT2D eigenvalue weighted by atomic mass is 19.1. The van der Waals surface area contributed by atoms with Crippen molar-refractivity contribution < 1.29 is 8.78 Å². The fourth-order valence-corrected chi connectivity index (χ4v) is 5.79. The minimum Gasteiger partial charge on any atom is -0.383 e. The summed E-state index contributed by atoms with van der Waals surface area (Å²) >= 11 is 0. The van der Waals surface area contributed by atoms with E-state index in [2.05, 4.69) is 49.3 Å². The van der Waals surface area contributed by atoms with E-state index >= 15 is 0 Å². The topological polar surface area (TPSA) is 72.4 Å². The van der Waals surface area contributed by atoms with Gasteiger partial charge >= 0.3 is 0 Å². The molecule has 4 rings (SSSR count). The van der Waals surface area contributed by atoms with Crippen LogP contribution in [0.4, 0.5) is 8.78 Å². The van der Waals surface area contributed by atoms with Crippen molar-refractivity contribution in [2.24, 2.45) is 16.6 Å². The number of hydrogen-bond acceptors (Lipinski definition) is 3. The molecule has 3 aromatic carbocycles. The summed E-state index contributed by atoms with van der Waals surface area (Å²) < 4.78 is 30.7. The number of rotatable bonds is 10. The molecule has 1 heterocycles. The number of pyridine rings is 1. The number of nitrogens with one attached hydrogen (secondary N) is 1. The number of fused-ring (bicyclic) bond motifs is 1. The smallest absolute Gasteiger partial charge is 0.266 e. The molecule has 0 aliphatic rings. The first-order chi connectivity index (χ1) is 21.8. The van der Waals surface area contributed by atoms with Gasteiger partial charge in [0.1, 0.15) is 17.5 Å². The van der Waals surface area contributed by atoms with Gasteiger partial charge in [-0.2, -0.15) is 0 Å². The van der Waals surface area contributed by atoms with E-state index in [9.17, 15) is 13.6 Å². The third kappa shape index (κ3) is 7.53. The van der Waals surface area contributed by atoms with Gasteiger partial charge in [-0.25, -0.2) is 13.8 Å². The number of allylic oxidation sites excluding steroid dienone is 3. The van der Waals surface area contributed by atoms with Gasteiger partial charge in [-0.1, -0.05) is 61.9 Å². The second-order valence-electron chi connectivity index (χ2n) is 12.4. The molecule has 1 unspecified atom stereocenters. The Labute approximate surface area is 270 Å². The number of benzene rings is 3. The highest BCUT2D eigenvalue weighted by Gasteiger charge is 2.22. The lowest BCUT2D eigenvalue weighted by molar-refractivity contribution is 0.604. The van der Waals surface area contributed by atoms with Crippen LogP contribution in [-0.2, 0) is 6.42 Å². The Morgan fingerprint density at radius 3 is 2.35 bits per heavy atom. The third-order valence-corrected chi connectivity index (χ3v) is 7.90. The Morgan fingerprint density at radius 1 is 1.00 bits per heavy atom. The molecule has 1 atom stereocenters. The summed E-state index contributed by atoms with van der Waals surface area (Å²) in [5.74, 6) is -0.261. The number of aromatic nitrogens is 1. The zero-order chi connectivity index (χ0) is 33.7. The summed E-state index contributed by atoms with van der Waals surface area (Å²) in [5.41, 5.74) is 13.8. The second kappa shape index (κ2) is 14.5. The van der Waals surface area contributed by atoms with Crippen LogP contribution in [0.15, 0.2) is 106 Å². The highest BCUT2D eigenvalue weighted by molar-refractivity contribution is 6.12. The molecule has 7 heteroatoms. The van der Waals surface area contributed by atoms with Crippen LogP contribution in [0.1, 0.15) is 76.9 Å². The summed E-state index contributed by atoms with van der Waals surface area (Å²) in [5, 5.41) is 3.95. The summed E-state index contributed by atoms with van der Waals surface area (Å²) in [6.45, 7) is 16.2. The van der Waals surface area contributed by atoms with E-state index < -0.39 is 23.2 Å². The van der Waals surface area contributed by atoms with Gasteiger partial charge in [0.15, 0.2) is 0 Å². The first-order valence-corrected chi connectivity index (χ1v) is 15.6. The van der Waals surface area contributed by atoms with Crippen molar-refractivity contribution in [1.29, 1.82) is 0 Å². The Morgan fingerprint density at radius 2 is 1.72 bits per heavy atom. The first-order valence-electron chi connectivity index (χ1n) is 15.6. The number of halogens is 2. The molecule has 0 saturated carbocycles. The van der Waals surface area contributed by atoms with E-state index in [-0.39, 0.29) is 5.39 Å². The van der Waals surface area contributed by atoms with Gasteiger partial charge in [-0.3, -0.25) is 9.36 Å². The van der Waals surface area contributed by atoms with Gasteiger partial charge < -0.3 is 11.1 Å². The fourth-order valence-electron chi connectivity index (χ4n) is 5.79. The van der Waals surface area contributed by atoms with Crippen LogP contribution in [0.5, 0.6) is 0 Å². The van der Waals surface area contributed by atoms with Gasteiger partial charge in [0.2, 0.25) is 0 Å². The number of nitrogens with zero attached hydrogens (tertiary/aromatic N) is 2. The molecular weight excluding hydrogens is 578 g/mol. The zero-order valence-corrected chi connectivity index (χ0v) is 28.0. The molecule has 1 aromatic heterocycles. The molecule has 0 bridgehead atoms. The molecule has 46 heavy (non-hydrogen) atoms. The molecule has 0 radical (unpaired) electrons. The predicted molar refractivity (Wildman–Crippen MR) is 188 cm³/mol. The lowest BCUT2D eigenvalue weighted by Crippen LogP contribution is -2.30. The predicted octanol–water partition coefficient (Wildman–Crippen LogP) is 9.08. The standard InChI is InChI=1S/C39H44F2N4O/c1-9-33(29-17-16-28(18-23(2)3)25(6)19-29)36(38(42)43-22-24(4)5)27(8)44-26(7)35-20-30-12-10-15-34(41)37(30)39(46)45(35)32-14-11-13-31(40)21-32/h9-17,19-23,26,44H,18H2,1-8H3,(H2,42,43)/b33-9-,36-27+. The van der Waals surface area contributed by atoms with E-state index in [1.165, 1.54) is 40.0 Å². The van der Waals surface area contributed by atoms with Crippen molar-refractivity contribution in [2.45, 2.75) is 67.9 Å². The van der Waals surface area contributed by atoms with Crippen LogP contribution in [0.25, 0.3) is 22.0 Å². The van der Waals surface area contributed by atoms with Crippen molar-refractivity contribution in [1.82, 2.24) is 9.88 Å². The van der Waals surface area contributed by atoms with Crippen LogP contribution in [-0.4, -0.2) is 10.4 Å². The quantitative estimate of drug-likeness (QED) is 0.105. The maximum absolute atomic E-state index is 14.9. The Hall–Kier alpha value is -4.78. The Balaban J connectivity index is 1.90. The van der Waals surface area contributed by atoms with E-state index in [4.69, 9.17) is 5.73 Å². The summed E-state index contributed by atoms with van der Waals surface area (Å²) in [6, 6.07) is 18.0. The van der Waals surface area contributed by atoms with Crippen LogP contribution in [0, 0.1) is 24.5 Å². The maximum atomic E-state index is 14.9. The van der Waals surface area contributed by atoms with Crippen LogP contribution in [0.2, 0.25) is 0 Å². The monoisotopic (exact) mass is 622 g/mol. The number of nitrogens with two attached hydrogens (primary N) is 1.